The van der Waals surface area contributed by atoms with E-state index >= 15 is 0 Å². The third-order valence-corrected chi connectivity index (χ3v) is 4.73. The highest BCUT2D eigenvalue weighted by atomic mass is 16.2. The Hall–Kier alpha value is -3.03. The van der Waals surface area contributed by atoms with Crippen molar-refractivity contribution in [3.8, 4) is 0 Å². The summed E-state index contributed by atoms with van der Waals surface area (Å²) in [5.41, 5.74) is 2.41. The smallest absolute Gasteiger partial charge is 0.332 e. The summed E-state index contributed by atoms with van der Waals surface area (Å²) < 4.78 is 2.43. The normalized spacial score (nSPS) is 12.7. The fraction of sp³-hybridized carbons (Fsp3) is 0.389. The SMILES string of the molecule is CCc1cccc(C)c1NC(=O)CN1CNc2c1c(=O)n(C)c(=O)n2C. The minimum Gasteiger partial charge on any atom is -0.352 e. The van der Waals surface area contributed by atoms with Crippen molar-refractivity contribution in [2.24, 2.45) is 14.1 Å². The number of nitrogens with zero attached hydrogens (tertiary/aromatic N) is 3. The highest BCUT2D eigenvalue weighted by Gasteiger charge is 2.28. The van der Waals surface area contributed by atoms with Crippen molar-refractivity contribution in [3.63, 3.8) is 0 Å². The van der Waals surface area contributed by atoms with E-state index in [9.17, 15) is 14.4 Å². The van der Waals surface area contributed by atoms with Gasteiger partial charge in [0.05, 0.1) is 13.2 Å². The fourth-order valence-electron chi connectivity index (χ4n) is 3.25. The molecular formula is C18H23N5O3. The van der Waals surface area contributed by atoms with Crippen LogP contribution in [0.4, 0.5) is 17.2 Å². The number of anilines is 3. The molecule has 2 heterocycles. The third-order valence-electron chi connectivity index (χ3n) is 4.73. The number of fused-ring (bicyclic) bond motifs is 1. The van der Waals surface area contributed by atoms with Gasteiger partial charge in [0, 0.05) is 19.8 Å². The van der Waals surface area contributed by atoms with Crippen molar-refractivity contribution in [2.75, 3.05) is 28.7 Å². The van der Waals surface area contributed by atoms with Crippen molar-refractivity contribution in [1.82, 2.24) is 9.13 Å². The van der Waals surface area contributed by atoms with Crippen molar-refractivity contribution in [3.05, 3.63) is 50.2 Å². The Kier molecular flexibility index (Phi) is 4.58. The predicted octanol–water partition coefficient (Wildman–Crippen LogP) is 0.783. The van der Waals surface area contributed by atoms with Gasteiger partial charge in [-0.05, 0) is 24.5 Å². The second-order valence-corrected chi connectivity index (χ2v) is 6.45. The monoisotopic (exact) mass is 357 g/mol. The van der Waals surface area contributed by atoms with Crippen LogP contribution in [0, 0.1) is 6.92 Å². The zero-order chi connectivity index (χ0) is 19.0. The summed E-state index contributed by atoms with van der Waals surface area (Å²) in [6.45, 7) is 4.30. The molecule has 26 heavy (non-hydrogen) atoms. The molecule has 2 aromatic rings. The van der Waals surface area contributed by atoms with E-state index in [1.807, 2.05) is 32.0 Å². The number of carbonyl (C=O) groups is 1. The largest absolute Gasteiger partial charge is 0.352 e. The molecule has 0 saturated carbocycles. The molecule has 138 valence electrons. The van der Waals surface area contributed by atoms with E-state index < -0.39 is 11.2 Å². The van der Waals surface area contributed by atoms with Gasteiger partial charge in [0.2, 0.25) is 5.91 Å². The predicted molar refractivity (Wildman–Crippen MR) is 102 cm³/mol. The van der Waals surface area contributed by atoms with Gasteiger partial charge in [-0.3, -0.25) is 18.7 Å². The summed E-state index contributed by atoms with van der Waals surface area (Å²) in [5.74, 6) is 0.232. The van der Waals surface area contributed by atoms with E-state index in [1.54, 1.807) is 11.9 Å². The molecule has 1 aromatic heterocycles. The molecule has 1 aliphatic rings. The van der Waals surface area contributed by atoms with Gasteiger partial charge in [0.1, 0.15) is 11.5 Å². The average molecular weight is 357 g/mol. The third kappa shape index (κ3) is 2.87. The number of carbonyl (C=O) groups excluding carboxylic acids is 1. The van der Waals surface area contributed by atoms with Gasteiger partial charge in [0.25, 0.3) is 5.56 Å². The number of aryl methyl sites for hydroxylation is 2. The highest BCUT2D eigenvalue weighted by molar-refractivity contribution is 5.96. The molecule has 1 amide bonds. The number of aromatic nitrogens is 2. The van der Waals surface area contributed by atoms with Crippen LogP contribution >= 0.6 is 0 Å². The van der Waals surface area contributed by atoms with Crippen LogP contribution in [-0.4, -0.2) is 28.3 Å². The van der Waals surface area contributed by atoms with Crippen molar-refractivity contribution >= 4 is 23.1 Å². The highest BCUT2D eigenvalue weighted by Crippen LogP contribution is 2.26. The Morgan fingerprint density at radius 2 is 1.96 bits per heavy atom. The Morgan fingerprint density at radius 3 is 2.65 bits per heavy atom. The average Bonchev–Trinajstić information content (AvgIpc) is 3.03. The minimum atomic E-state index is -0.411. The van der Waals surface area contributed by atoms with Gasteiger partial charge in [-0.25, -0.2) is 4.79 Å². The Balaban J connectivity index is 1.86. The summed E-state index contributed by atoms with van der Waals surface area (Å²) in [7, 11) is 3.03. The van der Waals surface area contributed by atoms with Gasteiger partial charge in [0.15, 0.2) is 0 Å². The molecule has 0 spiro atoms. The Morgan fingerprint density at radius 1 is 1.23 bits per heavy atom. The molecule has 0 radical (unpaired) electrons. The lowest BCUT2D eigenvalue weighted by molar-refractivity contribution is -0.115. The van der Waals surface area contributed by atoms with Crippen LogP contribution in [-0.2, 0) is 25.3 Å². The first-order valence-electron chi connectivity index (χ1n) is 8.52. The van der Waals surface area contributed by atoms with Crippen LogP contribution in [0.1, 0.15) is 18.1 Å². The lowest BCUT2D eigenvalue weighted by Gasteiger charge is -2.19. The van der Waals surface area contributed by atoms with E-state index in [1.165, 1.54) is 11.6 Å². The van der Waals surface area contributed by atoms with E-state index in [2.05, 4.69) is 10.6 Å². The quantitative estimate of drug-likeness (QED) is 0.844. The Labute approximate surface area is 151 Å². The van der Waals surface area contributed by atoms with Gasteiger partial charge in [-0.1, -0.05) is 25.1 Å². The van der Waals surface area contributed by atoms with Gasteiger partial charge in [-0.2, -0.15) is 0 Å². The van der Waals surface area contributed by atoms with Crippen LogP contribution < -0.4 is 26.8 Å². The zero-order valence-electron chi connectivity index (χ0n) is 15.4. The molecule has 3 rings (SSSR count). The number of rotatable bonds is 4. The summed E-state index contributed by atoms with van der Waals surface area (Å²) in [4.78, 5) is 38.7. The molecule has 0 bridgehead atoms. The van der Waals surface area contributed by atoms with Gasteiger partial charge >= 0.3 is 5.69 Å². The van der Waals surface area contributed by atoms with E-state index in [0.29, 0.717) is 18.2 Å². The van der Waals surface area contributed by atoms with Crippen molar-refractivity contribution in [2.45, 2.75) is 20.3 Å². The number of hydrogen-bond donors (Lipinski definition) is 2. The van der Waals surface area contributed by atoms with Crippen LogP contribution in [0.15, 0.2) is 27.8 Å². The molecule has 0 atom stereocenters. The molecule has 1 aliphatic heterocycles. The standard InChI is InChI=1S/C18H23N5O3/c1-5-12-8-6-7-11(2)14(12)20-13(24)9-23-10-19-16-15(23)17(25)22(4)18(26)21(16)3/h6-8,19H,5,9-10H2,1-4H3,(H,20,24). The summed E-state index contributed by atoms with van der Waals surface area (Å²) in [6.07, 6.45) is 0.814. The maximum atomic E-state index is 12.6. The maximum Gasteiger partial charge on any atom is 0.332 e. The molecule has 0 unspecified atom stereocenters. The van der Waals surface area contributed by atoms with Gasteiger partial charge in [-0.15, -0.1) is 0 Å². The number of hydrogen-bond acceptors (Lipinski definition) is 5. The Bertz CT molecular complexity index is 990. The van der Waals surface area contributed by atoms with Gasteiger partial charge < -0.3 is 15.5 Å². The molecular weight excluding hydrogens is 334 g/mol. The van der Waals surface area contributed by atoms with E-state index in [0.717, 1.165) is 27.8 Å². The zero-order valence-corrected chi connectivity index (χ0v) is 15.4. The van der Waals surface area contributed by atoms with Crippen LogP contribution in [0.5, 0.6) is 0 Å². The van der Waals surface area contributed by atoms with E-state index in [4.69, 9.17) is 0 Å². The number of para-hydroxylation sites is 1. The molecule has 8 heteroatoms. The molecule has 0 aliphatic carbocycles. The van der Waals surface area contributed by atoms with Crippen molar-refractivity contribution < 1.29 is 4.79 Å². The summed E-state index contributed by atoms with van der Waals surface area (Å²) >= 11 is 0. The fourth-order valence-corrected chi connectivity index (χ4v) is 3.25. The number of nitrogens with one attached hydrogen (secondary N) is 2. The first kappa shape index (κ1) is 17.8. The van der Waals surface area contributed by atoms with Crippen LogP contribution in [0.2, 0.25) is 0 Å². The second-order valence-electron chi connectivity index (χ2n) is 6.45. The number of benzene rings is 1. The summed E-state index contributed by atoms with van der Waals surface area (Å²) in [6, 6.07) is 5.91. The first-order chi connectivity index (χ1) is 12.3. The lowest BCUT2D eigenvalue weighted by atomic mass is 10.1. The van der Waals surface area contributed by atoms with E-state index in [-0.39, 0.29) is 12.5 Å². The minimum absolute atomic E-state index is 0.0188. The molecule has 8 nitrogen and oxygen atoms in total. The lowest BCUT2D eigenvalue weighted by Crippen LogP contribution is -2.41. The molecule has 0 saturated heterocycles. The number of amides is 1. The molecule has 2 N–H and O–H groups in total. The van der Waals surface area contributed by atoms with Crippen LogP contribution in [0.3, 0.4) is 0 Å². The molecule has 0 fully saturated rings. The van der Waals surface area contributed by atoms with Crippen molar-refractivity contribution in [1.29, 1.82) is 0 Å². The first-order valence-corrected chi connectivity index (χ1v) is 8.52. The summed E-state index contributed by atoms with van der Waals surface area (Å²) in [5, 5.41) is 5.99. The maximum absolute atomic E-state index is 12.6. The molecule has 1 aromatic carbocycles. The van der Waals surface area contributed by atoms with Crippen LogP contribution in [0.25, 0.3) is 0 Å². The topological polar surface area (TPSA) is 88.4 Å². The second kappa shape index (κ2) is 6.70.